The highest BCUT2D eigenvalue weighted by molar-refractivity contribution is 5.86. The van der Waals surface area contributed by atoms with Gasteiger partial charge in [-0.25, -0.2) is 0 Å². The molecule has 1 aliphatic carbocycles. The minimum atomic E-state index is -0.0810. The lowest BCUT2D eigenvalue weighted by molar-refractivity contribution is 0.112. The molecule has 2 heteroatoms. The number of nitrogens with zero attached hydrogens (tertiary/aromatic N) is 1. The first kappa shape index (κ1) is 31.2. The molecule has 0 radical (unpaired) electrons. The Morgan fingerprint density at radius 3 is 1.49 bits per heavy atom. The molecule has 0 aromatic heterocycles. The zero-order chi connectivity index (χ0) is 30.7. The average Bonchev–Trinajstić information content (AvgIpc) is 3.33. The number of aldehydes is 1. The summed E-state index contributed by atoms with van der Waals surface area (Å²) in [6.45, 7) is 8.65. The molecule has 0 N–H and O–H groups in total. The molecule has 0 saturated carbocycles. The molecule has 0 spiro atoms. The van der Waals surface area contributed by atoms with Gasteiger partial charge in [-0.2, -0.15) is 0 Å². The second-order valence-corrected chi connectivity index (χ2v) is 11.4. The molecule has 0 unspecified atom stereocenters. The van der Waals surface area contributed by atoms with Crippen LogP contribution in [0.5, 0.6) is 0 Å². The van der Waals surface area contributed by atoms with Gasteiger partial charge >= 0.3 is 0 Å². The van der Waals surface area contributed by atoms with E-state index in [0.29, 0.717) is 5.56 Å². The van der Waals surface area contributed by atoms with Crippen LogP contribution in [0.3, 0.4) is 0 Å². The first-order chi connectivity index (χ1) is 21.5. The van der Waals surface area contributed by atoms with Crippen LogP contribution >= 0.6 is 0 Å². The van der Waals surface area contributed by atoms with Crippen molar-refractivity contribution in [1.29, 1.82) is 0 Å². The number of hydrogen-bond donors (Lipinski definition) is 0. The van der Waals surface area contributed by atoms with Crippen LogP contribution in [-0.2, 0) is 5.41 Å². The number of fused-ring (bicyclic) bond motifs is 3. The fraction of sp³-hybridized carbons (Fsp3) is 0.140. The lowest BCUT2D eigenvalue weighted by Gasteiger charge is -2.28. The van der Waals surface area contributed by atoms with Crippen LogP contribution in [0, 0.1) is 0 Å². The monoisotopic (exact) mass is 587 g/mol. The Hall–Kier alpha value is -5.21. The lowest BCUT2D eigenvalue weighted by atomic mass is 9.82. The van der Waals surface area contributed by atoms with Crippen LogP contribution in [0.25, 0.3) is 33.4 Å². The van der Waals surface area contributed by atoms with Crippen molar-refractivity contribution < 1.29 is 4.79 Å². The first-order valence-corrected chi connectivity index (χ1v) is 15.4. The Kier molecular flexibility index (Phi) is 9.16. The zero-order valence-electron chi connectivity index (χ0n) is 25.8. The normalized spacial score (nSPS) is 12.1. The summed E-state index contributed by atoms with van der Waals surface area (Å²) in [5.74, 6) is 0. The number of carbonyl (C=O) groups is 1. The van der Waals surface area contributed by atoms with Gasteiger partial charge in [-0.1, -0.05) is 144 Å². The van der Waals surface area contributed by atoms with Gasteiger partial charge in [-0.15, -0.1) is 0 Å². The summed E-state index contributed by atoms with van der Waals surface area (Å²) in [7, 11) is 0. The van der Waals surface area contributed by atoms with Crippen molar-refractivity contribution in [3.05, 3.63) is 162 Å². The van der Waals surface area contributed by atoms with E-state index < -0.39 is 0 Å². The molecule has 1 aliphatic rings. The molecule has 0 saturated heterocycles. The quantitative estimate of drug-likeness (QED) is 0.181. The van der Waals surface area contributed by atoms with E-state index in [2.05, 4.69) is 134 Å². The van der Waals surface area contributed by atoms with Crippen LogP contribution in [0.1, 0.15) is 56.6 Å². The van der Waals surface area contributed by atoms with E-state index >= 15 is 0 Å². The molecular weight excluding hydrogens is 546 g/mol. The van der Waals surface area contributed by atoms with E-state index in [-0.39, 0.29) is 12.8 Å². The van der Waals surface area contributed by atoms with E-state index in [1.54, 1.807) is 0 Å². The summed E-state index contributed by atoms with van der Waals surface area (Å²) >= 11 is 0. The van der Waals surface area contributed by atoms with Crippen LogP contribution in [-0.4, -0.2) is 6.29 Å². The highest BCUT2D eigenvalue weighted by atomic mass is 16.1. The number of carbonyl (C=O) groups excluding carboxylic acids is 1. The zero-order valence-corrected chi connectivity index (χ0v) is 25.8. The number of benzene rings is 6. The third-order valence-electron chi connectivity index (χ3n) is 8.56. The number of anilines is 3. The molecule has 0 aliphatic heterocycles. The fourth-order valence-electron chi connectivity index (χ4n) is 6.27. The van der Waals surface area contributed by atoms with Crippen molar-refractivity contribution in [2.75, 3.05) is 4.90 Å². The molecule has 45 heavy (non-hydrogen) atoms. The lowest BCUT2D eigenvalue weighted by Crippen LogP contribution is -2.16. The standard InChI is InChI=1S/C40H31NO.C2H6.CH4/c1-40(2)38-11-7-6-10-36(38)37-25-24-35(26-39(37)40)41(33-20-16-31(17-21-33)29-8-4-3-5-9-29)34-22-18-32(19-23-34)30-14-12-28(27-42)13-15-30;1-2;/h3-27H,1-2H3;1-2H3;1H4. The van der Waals surface area contributed by atoms with Crippen molar-refractivity contribution in [3.63, 3.8) is 0 Å². The number of rotatable bonds is 6. The van der Waals surface area contributed by atoms with Gasteiger partial charge in [0, 0.05) is 28.0 Å². The van der Waals surface area contributed by atoms with Gasteiger partial charge in [0.15, 0.2) is 0 Å². The summed E-state index contributed by atoms with van der Waals surface area (Å²) in [5, 5.41) is 0. The minimum absolute atomic E-state index is 0. The van der Waals surface area contributed by atoms with Crippen LogP contribution in [0.2, 0.25) is 0 Å². The molecule has 0 atom stereocenters. The Morgan fingerprint density at radius 2 is 0.933 bits per heavy atom. The third kappa shape index (κ3) is 5.84. The molecule has 0 fully saturated rings. The predicted molar refractivity (Wildman–Crippen MR) is 193 cm³/mol. The van der Waals surface area contributed by atoms with Gasteiger partial charge in [0.2, 0.25) is 0 Å². The molecule has 2 nitrogen and oxygen atoms in total. The molecule has 224 valence electrons. The Balaban J connectivity index is 0.00000131. The SMILES string of the molecule is C.CC.CC1(C)c2ccccc2-c2ccc(N(c3ccc(-c4ccccc4)cc3)c3ccc(-c4ccc(C=O)cc4)cc3)cc21. The van der Waals surface area contributed by atoms with Crippen molar-refractivity contribution >= 4 is 23.3 Å². The predicted octanol–water partition coefficient (Wildman–Crippen LogP) is 12.3. The van der Waals surface area contributed by atoms with Crippen LogP contribution < -0.4 is 4.90 Å². The first-order valence-electron chi connectivity index (χ1n) is 15.4. The van der Waals surface area contributed by atoms with Crippen molar-refractivity contribution in [1.82, 2.24) is 0 Å². The van der Waals surface area contributed by atoms with E-state index in [1.807, 2.05) is 44.2 Å². The molecule has 0 amide bonds. The van der Waals surface area contributed by atoms with Gasteiger partial charge in [0.25, 0.3) is 0 Å². The molecule has 0 heterocycles. The number of hydrogen-bond acceptors (Lipinski definition) is 2. The van der Waals surface area contributed by atoms with Crippen molar-refractivity contribution in [3.8, 4) is 33.4 Å². The van der Waals surface area contributed by atoms with Gasteiger partial charge in [0.05, 0.1) is 0 Å². The maximum absolute atomic E-state index is 11.1. The van der Waals surface area contributed by atoms with Gasteiger partial charge in [0.1, 0.15) is 6.29 Å². The summed E-state index contributed by atoms with van der Waals surface area (Å²) in [6, 6.07) is 51.4. The van der Waals surface area contributed by atoms with Crippen molar-refractivity contribution in [2.45, 2.75) is 40.5 Å². The maximum atomic E-state index is 11.1. The summed E-state index contributed by atoms with van der Waals surface area (Å²) in [5.41, 5.74) is 13.9. The second kappa shape index (κ2) is 13.2. The smallest absolute Gasteiger partial charge is 0.150 e. The van der Waals surface area contributed by atoms with Crippen LogP contribution in [0.15, 0.2) is 146 Å². The van der Waals surface area contributed by atoms with Crippen LogP contribution in [0.4, 0.5) is 17.1 Å². The summed E-state index contributed by atoms with van der Waals surface area (Å²) in [6.07, 6.45) is 0.879. The van der Waals surface area contributed by atoms with E-state index in [9.17, 15) is 4.79 Å². The summed E-state index contributed by atoms with van der Waals surface area (Å²) < 4.78 is 0. The maximum Gasteiger partial charge on any atom is 0.150 e. The molecule has 7 rings (SSSR count). The van der Waals surface area contributed by atoms with Gasteiger partial charge in [-0.3, -0.25) is 4.79 Å². The topological polar surface area (TPSA) is 20.3 Å². The Bertz CT molecular complexity index is 1880. The Morgan fingerprint density at radius 1 is 0.489 bits per heavy atom. The Labute approximate surface area is 268 Å². The van der Waals surface area contributed by atoms with Crippen molar-refractivity contribution in [2.24, 2.45) is 0 Å². The van der Waals surface area contributed by atoms with Gasteiger partial charge < -0.3 is 4.90 Å². The fourth-order valence-corrected chi connectivity index (χ4v) is 6.27. The molecule has 6 aromatic carbocycles. The third-order valence-corrected chi connectivity index (χ3v) is 8.56. The minimum Gasteiger partial charge on any atom is -0.310 e. The molecule has 0 bridgehead atoms. The largest absolute Gasteiger partial charge is 0.310 e. The highest BCUT2D eigenvalue weighted by Crippen LogP contribution is 2.50. The molecular formula is C43H41NO. The highest BCUT2D eigenvalue weighted by Gasteiger charge is 2.35. The van der Waals surface area contributed by atoms with E-state index in [4.69, 9.17) is 0 Å². The van der Waals surface area contributed by atoms with Gasteiger partial charge in [-0.05, 0) is 80.9 Å². The van der Waals surface area contributed by atoms with E-state index in [0.717, 1.165) is 34.5 Å². The molecule has 6 aromatic rings. The summed E-state index contributed by atoms with van der Waals surface area (Å²) in [4.78, 5) is 13.5. The van der Waals surface area contributed by atoms with E-state index in [1.165, 1.54) is 33.4 Å². The second-order valence-electron chi connectivity index (χ2n) is 11.4. The average molecular weight is 588 g/mol.